The van der Waals surface area contributed by atoms with E-state index in [9.17, 15) is 4.39 Å². The zero-order valence-electron chi connectivity index (χ0n) is 11.2. The first-order chi connectivity index (χ1) is 9.56. The number of amidine groups is 1. The van der Waals surface area contributed by atoms with Gasteiger partial charge in [0.05, 0.1) is 11.3 Å². The van der Waals surface area contributed by atoms with Crippen LogP contribution in [0.25, 0.3) is 0 Å². The largest absolute Gasteiger partial charge is 0.409 e. The van der Waals surface area contributed by atoms with Crippen molar-refractivity contribution in [1.29, 1.82) is 0 Å². The number of nitrogens with two attached hydrogens (primary N) is 1. The maximum atomic E-state index is 13.9. The molecule has 0 amide bonds. The molecule has 0 atom stereocenters. The lowest BCUT2D eigenvalue weighted by molar-refractivity contribution is 0.318. The molecule has 104 valence electrons. The van der Waals surface area contributed by atoms with Crippen LogP contribution in [-0.2, 0) is 0 Å². The van der Waals surface area contributed by atoms with Crippen molar-refractivity contribution in [2.45, 2.75) is 6.92 Å². The molecule has 2 rings (SSSR count). The van der Waals surface area contributed by atoms with Crippen LogP contribution in [0.15, 0.2) is 41.7 Å². The van der Waals surface area contributed by atoms with Crippen LogP contribution in [-0.4, -0.2) is 23.1 Å². The number of anilines is 2. The molecule has 0 aliphatic carbocycles. The number of aromatic nitrogens is 1. The summed E-state index contributed by atoms with van der Waals surface area (Å²) >= 11 is 0. The van der Waals surface area contributed by atoms with Crippen molar-refractivity contribution in [3.63, 3.8) is 0 Å². The van der Waals surface area contributed by atoms with Crippen molar-refractivity contribution in [3.8, 4) is 0 Å². The zero-order valence-corrected chi connectivity index (χ0v) is 11.2. The van der Waals surface area contributed by atoms with Crippen molar-refractivity contribution in [2.24, 2.45) is 10.9 Å². The van der Waals surface area contributed by atoms with E-state index in [1.54, 1.807) is 42.4 Å². The van der Waals surface area contributed by atoms with E-state index >= 15 is 0 Å². The molecule has 1 aromatic carbocycles. The Morgan fingerprint density at radius 3 is 2.70 bits per heavy atom. The van der Waals surface area contributed by atoms with Gasteiger partial charge in [-0.3, -0.25) is 0 Å². The van der Waals surface area contributed by atoms with E-state index in [0.717, 1.165) is 5.56 Å². The molecule has 1 heterocycles. The highest BCUT2D eigenvalue weighted by molar-refractivity contribution is 6.03. The Morgan fingerprint density at radius 2 is 2.05 bits per heavy atom. The van der Waals surface area contributed by atoms with E-state index in [0.29, 0.717) is 17.1 Å². The number of pyridine rings is 1. The Morgan fingerprint density at radius 1 is 1.35 bits per heavy atom. The highest BCUT2D eigenvalue weighted by atomic mass is 19.1. The van der Waals surface area contributed by atoms with Gasteiger partial charge < -0.3 is 15.8 Å². The van der Waals surface area contributed by atoms with Crippen LogP contribution in [0.4, 0.5) is 15.9 Å². The summed E-state index contributed by atoms with van der Waals surface area (Å²) in [5.74, 6) is -0.0112. The van der Waals surface area contributed by atoms with E-state index in [1.807, 2.05) is 6.92 Å². The maximum absolute atomic E-state index is 13.9. The summed E-state index contributed by atoms with van der Waals surface area (Å²) in [7, 11) is 1.67. The zero-order chi connectivity index (χ0) is 14.7. The fourth-order valence-electron chi connectivity index (χ4n) is 2.00. The Labute approximate surface area is 116 Å². The first-order valence-corrected chi connectivity index (χ1v) is 5.98. The van der Waals surface area contributed by atoms with Crippen LogP contribution in [0.3, 0.4) is 0 Å². The topological polar surface area (TPSA) is 74.7 Å². The van der Waals surface area contributed by atoms with Gasteiger partial charge in [0.15, 0.2) is 5.84 Å². The summed E-state index contributed by atoms with van der Waals surface area (Å²) < 4.78 is 13.9. The van der Waals surface area contributed by atoms with Gasteiger partial charge >= 0.3 is 0 Å². The summed E-state index contributed by atoms with van der Waals surface area (Å²) in [4.78, 5) is 5.78. The third-order valence-corrected chi connectivity index (χ3v) is 3.03. The molecule has 20 heavy (non-hydrogen) atoms. The van der Waals surface area contributed by atoms with Crippen molar-refractivity contribution < 1.29 is 9.60 Å². The fourth-order valence-corrected chi connectivity index (χ4v) is 2.00. The smallest absolute Gasteiger partial charge is 0.174 e. The molecule has 0 saturated carbocycles. The molecule has 0 aliphatic heterocycles. The van der Waals surface area contributed by atoms with Gasteiger partial charge in [-0.1, -0.05) is 17.3 Å². The number of rotatable bonds is 3. The van der Waals surface area contributed by atoms with Crippen LogP contribution >= 0.6 is 0 Å². The number of para-hydroxylation sites is 1. The predicted octanol–water partition coefficient (Wildman–Crippen LogP) is 2.39. The number of hydrogen-bond donors (Lipinski definition) is 2. The molecule has 1 aromatic heterocycles. The Bertz CT molecular complexity index is 657. The van der Waals surface area contributed by atoms with Gasteiger partial charge in [-0.05, 0) is 30.7 Å². The van der Waals surface area contributed by atoms with Gasteiger partial charge in [0.2, 0.25) is 0 Å². The van der Waals surface area contributed by atoms with Gasteiger partial charge in [0, 0.05) is 13.2 Å². The third-order valence-electron chi connectivity index (χ3n) is 3.03. The third kappa shape index (κ3) is 2.40. The van der Waals surface area contributed by atoms with E-state index < -0.39 is 0 Å². The summed E-state index contributed by atoms with van der Waals surface area (Å²) in [6, 6.07) is 8.08. The molecule has 0 aliphatic rings. The second-order valence-corrected chi connectivity index (χ2v) is 4.32. The minimum absolute atomic E-state index is 0.0613. The van der Waals surface area contributed by atoms with Crippen LogP contribution in [0.5, 0.6) is 0 Å². The van der Waals surface area contributed by atoms with Crippen LogP contribution in [0.1, 0.15) is 11.1 Å². The summed E-state index contributed by atoms with van der Waals surface area (Å²) in [5, 5.41) is 11.9. The number of aryl methyl sites for hydroxylation is 1. The molecule has 0 fully saturated rings. The van der Waals surface area contributed by atoms with E-state index in [2.05, 4.69) is 10.1 Å². The normalized spacial score (nSPS) is 11.4. The van der Waals surface area contributed by atoms with Crippen molar-refractivity contribution in [2.75, 3.05) is 11.9 Å². The van der Waals surface area contributed by atoms with Gasteiger partial charge in [-0.2, -0.15) is 0 Å². The molecule has 0 bridgehead atoms. The molecular weight excluding hydrogens is 259 g/mol. The van der Waals surface area contributed by atoms with Gasteiger partial charge in [-0.25, -0.2) is 9.37 Å². The van der Waals surface area contributed by atoms with E-state index in [1.165, 1.54) is 6.07 Å². The minimum atomic E-state index is -0.372. The number of oxime groups is 1. The number of halogens is 1. The van der Waals surface area contributed by atoms with Crippen LogP contribution in [0, 0.1) is 12.7 Å². The predicted molar refractivity (Wildman–Crippen MR) is 75.9 cm³/mol. The average molecular weight is 274 g/mol. The molecule has 6 heteroatoms. The highest BCUT2D eigenvalue weighted by Gasteiger charge is 2.18. The lowest BCUT2D eigenvalue weighted by atomic mass is 10.1. The minimum Gasteiger partial charge on any atom is -0.409 e. The number of nitrogens with zero attached hydrogens (tertiary/aromatic N) is 3. The molecule has 2 aromatic rings. The van der Waals surface area contributed by atoms with Crippen LogP contribution < -0.4 is 10.6 Å². The lowest BCUT2D eigenvalue weighted by Crippen LogP contribution is -2.22. The van der Waals surface area contributed by atoms with Gasteiger partial charge in [-0.15, -0.1) is 0 Å². The van der Waals surface area contributed by atoms with Crippen molar-refractivity contribution >= 4 is 17.3 Å². The average Bonchev–Trinajstić information content (AvgIpc) is 2.46. The molecular formula is C14H15FN4O. The first kappa shape index (κ1) is 13.8. The van der Waals surface area contributed by atoms with E-state index in [-0.39, 0.29) is 11.7 Å². The molecule has 0 unspecified atom stereocenters. The SMILES string of the molecule is Cc1ccnc(N(C)c2ccccc2F)c1/C(N)=N/O. The van der Waals surface area contributed by atoms with E-state index in [4.69, 9.17) is 10.9 Å². The Balaban J connectivity index is 2.59. The first-order valence-electron chi connectivity index (χ1n) is 5.98. The quantitative estimate of drug-likeness (QED) is 0.390. The van der Waals surface area contributed by atoms with Crippen molar-refractivity contribution in [1.82, 2.24) is 4.98 Å². The fraction of sp³-hybridized carbons (Fsp3) is 0.143. The summed E-state index contributed by atoms with van der Waals surface area (Å²) in [6.07, 6.45) is 1.59. The summed E-state index contributed by atoms with van der Waals surface area (Å²) in [5.41, 5.74) is 7.31. The van der Waals surface area contributed by atoms with Crippen LogP contribution in [0.2, 0.25) is 0 Å². The molecule has 5 nitrogen and oxygen atoms in total. The summed E-state index contributed by atoms with van der Waals surface area (Å²) in [6.45, 7) is 1.81. The standard InChI is InChI=1S/C14H15FN4O/c1-9-7-8-17-14(12(9)13(16)18-20)19(2)11-6-4-3-5-10(11)15/h3-8,20H,1-2H3,(H2,16,18). The molecule has 0 radical (unpaired) electrons. The molecule has 0 saturated heterocycles. The van der Waals surface area contributed by atoms with Gasteiger partial charge in [0.25, 0.3) is 0 Å². The second kappa shape index (κ2) is 5.56. The van der Waals surface area contributed by atoms with Gasteiger partial charge in [0.1, 0.15) is 11.6 Å². The Kier molecular flexibility index (Phi) is 3.84. The monoisotopic (exact) mass is 274 g/mol. The lowest BCUT2D eigenvalue weighted by Gasteiger charge is -2.22. The second-order valence-electron chi connectivity index (χ2n) is 4.32. The Hall–Kier alpha value is -2.63. The molecule has 0 spiro atoms. The number of hydrogen-bond acceptors (Lipinski definition) is 4. The molecule has 3 N–H and O–H groups in total. The highest BCUT2D eigenvalue weighted by Crippen LogP contribution is 2.28. The maximum Gasteiger partial charge on any atom is 0.174 e. The van der Waals surface area contributed by atoms with Crippen molar-refractivity contribution in [3.05, 3.63) is 53.5 Å². The number of benzene rings is 1.